The number of benzene rings is 1. The van der Waals surface area contributed by atoms with E-state index in [-0.39, 0.29) is 11.9 Å². The Balaban J connectivity index is 1.82. The lowest BCUT2D eigenvalue weighted by atomic mass is 9.97. The third-order valence-corrected chi connectivity index (χ3v) is 3.55. The fourth-order valence-corrected chi connectivity index (χ4v) is 2.06. The van der Waals surface area contributed by atoms with E-state index in [1.807, 2.05) is 51.1 Å². The van der Waals surface area contributed by atoms with E-state index in [2.05, 4.69) is 10.3 Å². The molecule has 0 fully saturated rings. The van der Waals surface area contributed by atoms with Crippen LogP contribution in [0.5, 0.6) is 5.75 Å². The maximum absolute atomic E-state index is 11.9. The average Bonchev–Trinajstić information content (AvgIpc) is 2.60. The molecule has 136 valence electrons. The molecule has 2 aromatic rings. The van der Waals surface area contributed by atoms with Gasteiger partial charge in [-0.3, -0.25) is 14.6 Å². The van der Waals surface area contributed by atoms with E-state index in [9.17, 15) is 9.59 Å². The highest BCUT2D eigenvalue weighted by molar-refractivity contribution is 5.91. The van der Waals surface area contributed by atoms with E-state index in [4.69, 9.17) is 4.74 Å². The molecule has 1 aromatic carbocycles. The first-order valence-electron chi connectivity index (χ1n) is 8.52. The Hall–Kier alpha value is -2.95. The van der Waals surface area contributed by atoms with Gasteiger partial charge < -0.3 is 10.1 Å². The molecule has 0 aliphatic carbocycles. The van der Waals surface area contributed by atoms with Crippen LogP contribution in [-0.2, 0) is 16.0 Å². The van der Waals surface area contributed by atoms with Crippen LogP contribution in [-0.4, -0.2) is 23.4 Å². The third-order valence-electron chi connectivity index (χ3n) is 3.55. The summed E-state index contributed by atoms with van der Waals surface area (Å²) in [5.74, 6) is 0.0814. The summed E-state index contributed by atoms with van der Waals surface area (Å²) in [5, 5.41) is 2.83. The minimum atomic E-state index is -0.551. The summed E-state index contributed by atoms with van der Waals surface area (Å²) >= 11 is 0. The van der Waals surface area contributed by atoms with Crippen molar-refractivity contribution in [3.8, 4) is 5.75 Å². The predicted octanol–water partition coefficient (Wildman–Crippen LogP) is 3.41. The molecule has 1 aromatic heterocycles. The smallest absolute Gasteiger partial charge is 0.316 e. The quantitative estimate of drug-likeness (QED) is 0.491. The van der Waals surface area contributed by atoms with E-state index in [0.717, 1.165) is 11.1 Å². The van der Waals surface area contributed by atoms with Crippen molar-refractivity contribution in [3.63, 3.8) is 0 Å². The number of ether oxygens (including phenoxy) is 1. The van der Waals surface area contributed by atoms with Crippen LogP contribution >= 0.6 is 0 Å². The van der Waals surface area contributed by atoms with Crippen LogP contribution in [0.2, 0.25) is 0 Å². The molecule has 1 heterocycles. The molecule has 2 rings (SSSR count). The number of hydrogen-bond donors (Lipinski definition) is 1. The van der Waals surface area contributed by atoms with Crippen molar-refractivity contribution in [3.05, 3.63) is 66.0 Å². The summed E-state index contributed by atoms with van der Waals surface area (Å²) in [6.07, 6.45) is 7.22. The molecule has 1 amide bonds. The summed E-state index contributed by atoms with van der Waals surface area (Å²) in [5.41, 5.74) is 1.31. The van der Waals surface area contributed by atoms with Crippen molar-refractivity contribution in [1.82, 2.24) is 10.3 Å². The first-order valence-corrected chi connectivity index (χ1v) is 8.52. The van der Waals surface area contributed by atoms with E-state index in [0.29, 0.717) is 18.7 Å². The summed E-state index contributed by atoms with van der Waals surface area (Å²) < 4.78 is 5.39. The summed E-state index contributed by atoms with van der Waals surface area (Å²) in [6, 6.07) is 11.0. The van der Waals surface area contributed by atoms with Gasteiger partial charge in [0.2, 0.25) is 5.91 Å². The zero-order chi connectivity index (χ0) is 19.0. The number of nitrogens with zero attached hydrogens (tertiary/aromatic N) is 1. The molecule has 0 bridgehead atoms. The fourth-order valence-electron chi connectivity index (χ4n) is 2.06. The second-order valence-electron chi connectivity index (χ2n) is 6.95. The summed E-state index contributed by atoms with van der Waals surface area (Å²) in [4.78, 5) is 27.8. The minimum absolute atomic E-state index is 0.163. The molecule has 0 saturated carbocycles. The standard InChI is InChI=1S/C21H24N2O3/c1-21(2,3)20(25)26-18-8-4-6-16(14-18)11-13-23-19(24)10-9-17-7-5-12-22-15-17/h4-10,12,14-15H,11,13H2,1-3H3,(H,23,24). The largest absolute Gasteiger partial charge is 0.426 e. The maximum Gasteiger partial charge on any atom is 0.316 e. The van der Waals surface area contributed by atoms with Crippen molar-refractivity contribution < 1.29 is 14.3 Å². The summed E-state index contributed by atoms with van der Waals surface area (Å²) in [7, 11) is 0. The van der Waals surface area contributed by atoms with Gasteiger partial charge >= 0.3 is 5.97 Å². The predicted molar refractivity (Wildman–Crippen MR) is 102 cm³/mol. The molecule has 0 unspecified atom stereocenters. The first-order chi connectivity index (χ1) is 12.3. The van der Waals surface area contributed by atoms with Gasteiger partial charge in [-0.05, 0) is 62.6 Å². The first kappa shape index (κ1) is 19.4. The van der Waals surface area contributed by atoms with Crippen molar-refractivity contribution in [2.24, 2.45) is 5.41 Å². The highest BCUT2D eigenvalue weighted by Gasteiger charge is 2.23. The normalized spacial score (nSPS) is 11.3. The topological polar surface area (TPSA) is 68.3 Å². The Labute approximate surface area is 154 Å². The van der Waals surface area contributed by atoms with Crippen LogP contribution in [0, 0.1) is 5.41 Å². The van der Waals surface area contributed by atoms with Gasteiger partial charge in [0.1, 0.15) is 5.75 Å². The summed E-state index contributed by atoms with van der Waals surface area (Å²) in [6.45, 7) is 5.93. The van der Waals surface area contributed by atoms with Gasteiger partial charge in [0.15, 0.2) is 0 Å². The van der Waals surface area contributed by atoms with Gasteiger partial charge in [-0.1, -0.05) is 18.2 Å². The number of esters is 1. The van der Waals surface area contributed by atoms with Gasteiger partial charge in [0, 0.05) is 25.0 Å². The lowest BCUT2D eigenvalue weighted by molar-refractivity contribution is -0.143. The molecule has 0 atom stereocenters. The van der Waals surface area contributed by atoms with Gasteiger partial charge in [0.05, 0.1) is 5.41 Å². The molecule has 0 aliphatic rings. The monoisotopic (exact) mass is 352 g/mol. The number of amides is 1. The lowest BCUT2D eigenvalue weighted by Crippen LogP contribution is -2.25. The number of aromatic nitrogens is 1. The zero-order valence-corrected chi connectivity index (χ0v) is 15.4. The van der Waals surface area contributed by atoms with E-state index >= 15 is 0 Å². The van der Waals surface area contributed by atoms with Crippen LogP contribution in [0.3, 0.4) is 0 Å². The van der Waals surface area contributed by atoms with Crippen molar-refractivity contribution in [2.75, 3.05) is 6.54 Å². The van der Waals surface area contributed by atoms with Crippen LogP contribution in [0.15, 0.2) is 54.9 Å². The van der Waals surface area contributed by atoms with Crippen LogP contribution in [0.4, 0.5) is 0 Å². The van der Waals surface area contributed by atoms with Crippen molar-refractivity contribution in [1.29, 1.82) is 0 Å². The number of hydrogen-bond acceptors (Lipinski definition) is 4. The molecular weight excluding hydrogens is 328 g/mol. The van der Waals surface area contributed by atoms with Crippen LogP contribution in [0.1, 0.15) is 31.9 Å². The number of carbonyl (C=O) groups excluding carboxylic acids is 2. The lowest BCUT2D eigenvalue weighted by Gasteiger charge is -2.16. The van der Waals surface area contributed by atoms with E-state index in [1.54, 1.807) is 24.5 Å². The average molecular weight is 352 g/mol. The molecule has 5 nitrogen and oxygen atoms in total. The molecular formula is C21H24N2O3. The number of pyridine rings is 1. The Morgan fingerprint density at radius 2 is 2.00 bits per heavy atom. The van der Waals surface area contributed by atoms with Crippen molar-refractivity contribution in [2.45, 2.75) is 27.2 Å². The minimum Gasteiger partial charge on any atom is -0.426 e. The highest BCUT2D eigenvalue weighted by atomic mass is 16.5. The van der Waals surface area contributed by atoms with Gasteiger partial charge in [-0.2, -0.15) is 0 Å². The zero-order valence-electron chi connectivity index (χ0n) is 15.4. The second-order valence-corrected chi connectivity index (χ2v) is 6.95. The van der Waals surface area contributed by atoms with Gasteiger partial charge in [-0.15, -0.1) is 0 Å². The number of nitrogens with one attached hydrogen (secondary N) is 1. The Morgan fingerprint density at radius 1 is 1.19 bits per heavy atom. The molecule has 1 N–H and O–H groups in total. The molecule has 0 aliphatic heterocycles. The van der Waals surface area contributed by atoms with Crippen molar-refractivity contribution >= 4 is 18.0 Å². The fraction of sp³-hybridized carbons (Fsp3) is 0.286. The molecule has 5 heteroatoms. The third kappa shape index (κ3) is 6.51. The van der Waals surface area contributed by atoms with E-state index < -0.39 is 5.41 Å². The molecule has 0 saturated heterocycles. The second kappa shape index (κ2) is 8.94. The number of rotatable bonds is 6. The Bertz CT molecular complexity index is 777. The van der Waals surface area contributed by atoms with Gasteiger partial charge in [-0.25, -0.2) is 0 Å². The number of carbonyl (C=O) groups is 2. The van der Waals surface area contributed by atoms with Crippen LogP contribution < -0.4 is 10.1 Å². The molecule has 0 spiro atoms. The Morgan fingerprint density at radius 3 is 2.69 bits per heavy atom. The Kier molecular flexibility index (Phi) is 6.67. The van der Waals surface area contributed by atoms with Gasteiger partial charge in [0.25, 0.3) is 0 Å². The SMILES string of the molecule is CC(C)(C)C(=O)Oc1cccc(CCNC(=O)C=Cc2cccnc2)c1. The van der Waals surface area contributed by atoms with E-state index in [1.165, 1.54) is 6.08 Å². The molecule has 26 heavy (non-hydrogen) atoms. The molecule has 0 radical (unpaired) electrons. The maximum atomic E-state index is 11.9. The highest BCUT2D eigenvalue weighted by Crippen LogP contribution is 2.20. The van der Waals surface area contributed by atoms with Crippen LogP contribution in [0.25, 0.3) is 6.08 Å².